The summed E-state index contributed by atoms with van der Waals surface area (Å²) in [4.78, 5) is 0. The van der Waals surface area contributed by atoms with E-state index in [1.54, 1.807) is 0 Å². The molecule has 0 radical (unpaired) electrons. The average Bonchev–Trinajstić information content (AvgIpc) is 2.81. The van der Waals surface area contributed by atoms with Gasteiger partial charge in [-0.1, -0.05) is 48.2 Å². The maximum atomic E-state index is 6.37. The Bertz CT molecular complexity index is 457. The van der Waals surface area contributed by atoms with Crippen LogP contribution in [0, 0.1) is 5.41 Å². The van der Waals surface area contributed by atoms with Crippen LogP contribution in [-0.4, -0.2) is 12.1 Å². The van der Waals surface area contributed by atoms with Crippen molar-refractivity contribution in [3.05, 3.63) is 33.8 Å². The van der Waals surface area contributed by atoms with Crippen LogP contribution in [0.2, 0.25) is 10.0 Å². The summed E-state index contributed by atoms with van der Waals surface area (Å²) in [6.45, 7) is 7.73. The lowest BCUT2D eigenvalue weighted by atomic mass is 9.79. The van der Waals surface area contributed by atoms with Crippen LogP contribution in [-0.2, 0) is 6.42 Å². The average molecular weight is 314 g/mol. The number of hydrogen-bond donors (Lipinski definition) is 1. The van der Waals surface area contributed by atoms with Gasteiger partial charge >= 0.3 is 0 Å². The van der Waals surface area contributed by atoms with Gasteiger partial charge in [0.1, 0.15) is 0 Å². The zero-order valence-electron chi connectivity index (χ0n) is 12.7. The van der Waals surface area contributed by atoms with Crippen molar-refractivity contribution in [1.82, 2.24) is 5.32 Å². The van der Waals surface area contributed by atoms with Gasteiger partial charge in [-0.05, 0) is 57.1 Å². The minimum atomic E-state index is 0.160. The third kappa shape index (κ3) is 4.13. The van der Waals surface area contributed by atoms with Gasteiger partial charge in [-0.25, -0.2) is 0 Å². The highest BCUT2D eigenvalue weighted by molar-refractivity contribution is 6.42. The summed E-state index contributed by atoms with van der Waals surface area (Å²) in [5, 5.41) is 5.08. The molecular weight excluding hydrogens is 289 g/mol. The van der Waals surface area contributed by atoms with E-state index in [4.69, 9.17) is 23.2 Å². The smallest absolute Gasteiger partial charge is 0.0624 e. The fourth-order valence-corrected chi connectivity index (χ4v) is 3.47. The van der Waals surface area contributed by atoms with Gasteiger partial charge in [0, 0.05) is 12.1 Å². The largest absolute Gasteiger partial charge is 0.312 e. The van der Waals surface area contributed by atoms with Crippen molar-refractivity contribution in [2.45, 2.75) is 58.4 Å². The maximum absolute atomic E-state index is 6.37. The third-order valence-corrected chi connectivity index (χ3v) is 5.11. The molecule has 1 aromatic rings. The Kier molecular flexibility index (Phi) is 5.05. The Morgan fingerprint density at radius 3 is 2.40 bits per heavy atom. The van der Waals surface area contributed by atoms with E-state index in [1.807, 2.05) is 12.1 Å². The van der Waals surface area contributed by atoms with E-state index in [-0.39, 0.29) is 5.54 Å². The second-order valence-corrected chi connectivity index (χ2v) is 7.99. The minimum Gasteiger partial charge on any atom is -0.312 e. The Balaban J connectivity index is 2.15. The highest BCUT2D eigenvalue weighted by Crippen LogP contribution is 2.42. The molecule has 1 aromatic carbocycles. The molecule has 0 atom stereocenters. The molecule has 1 saturated carbocycles. The maximum Gasteiger partial charge on any atom is 0.0624 e. The number of rotatable bonds is 4. The molecule has 1 N–H and O–H groups in total. The molecule has 0 heterocycles. The van der Waals surface area contributed by atoms with Crippen molar-refractivity contribution in [2.24, 2.45) is 5.41 Å². The molecular formula is C17H25Cl2N. The molecule has 1 fully saturated rings. The molecule has 0 aliphatic heterocycles. The van der Waals surface area contributed by atoms with Crippen molar-refractivity contribution in [3.63, 3.8) is 0 Å². The standard InChI is InChI=1S/C17H25Cl2N/c1-16(2,3)20-12-17(9-4-5-10-17)11-13-7-6-8-14(18)15(13)19/h6-8,20H,4-5,9-12H2,1-3H3. The Morgan fingerprint density at radius 1 is 1.15 bits per heavy atom. The molecule has 1 nitrogen and oxygen atoms in total. The van der Waals surface area contributed by atoms with Gasteiger partial charge in [-0.15, -0.1) is 0 Å². The van der Waals surface area contributed by atoms with E-state index >= 15 is 0 Å². The number of benzene rings is 1. The first kappa shape index (κ1) is 16.1. The van der Waals surface area contributed by atoms with Crippen LogP contribution in [0.15, 0.2) is 18.2 Å². The lowest BCUT2D eigenvalue weighted by Gasteiger charge is -2.34. The monoisotopic (exact) mass is 313 g/mol. The van der Waals surface area contributed by atoms with Crippen LogP contribution in [0.3, 0.4) is 0 Å². The molecule has 0 saturated heterocycles. The third-order valence-electron chi connectivity index (χ3n) is 4.25. The molecule has 0 amide bonds. The number of nitrogens with one attached hydrogen (secondary N) is 1. The van der Waals surface area contributed by atoms with Gasteiger partial charge < -0.3 is 5.32 Å². The lowest BCUT2D eigenvalue weighted by molar-refractivity contribution is 0.245. The fraction of sp³-hybridized carbons (Fsp3) is 0.647. The summed E-state index contributed by atoms with van der Waals surface area (Å²) in [7, 11) is 0. The van der Waals surface area contributed by atoms with Crippen LogP contribution in [0.25, 0.3) is 0 Å². The van der Waals surface area contributed by atoms with Crippen molar-refractivity contribution in [1.29, 1.82) is 0 Å². The van der Waals surface area contributed by atoms with Gasteiger partial charge in [0.05, 0.1) is 10.0 Å². The zero-order valence-corrected chi connectivity index (χ0v) is 14.2. The van der Waals surface area contributed by atoms with Gasteiger partial charge in [0.2, 0.25) is 0 Å². The van der Waals surface area contributed by atoms with Gasteiger partial charge in [0.15, 0.2) is 0 Å². The van der Waals surface area contributed by atoms with E-state index in [1.165, 1.54) is 31.2 Å². The molecule has 0 unspecified atom stereocenters. The van der Waals surface area contributed by atoms with Crippen LogP contribution < -0.4 is 5.32 Å². The Morgan fingerprint density at radius 2 is 1.80 bits per heavy atom. The molecule has 0 spiro atoms. The van der Waals surface area contributed by atoms with Crippen molar-refractivity contribution >= 4 is 23.2 Å². The molecule has 3 heteroatoms. The highest BCUT2D eigenvalue weighted by atomic mass is 35.5. The SMILES string of the molecule is CC(C)(C)NCC1(Cc2cccc(Cl)c2Cl)CCCC1. The zero-order chi connectivity index (χ0) is 14.8. The van der Waals surface area contributed by atoms with Gasteiger partial charge in [-0.3, -0.25) is 0 Å². The summed E-state index contributed by atoms with van der Waals surface area (Å²) in [6.07, 6.45) is 6.22. The topological polar surface area (TPSA) is 12.0 Å². The fourth-order valence-electron chi connectivity index (χ4n) is 3.08. The highest BCUT2D eigenvalue weighted by Gasteiger charge is 2.35. The van der Waals surface area contributed by atoms with E-state index in [9.17, 15) is 0 Å². The summed E-state index contributed by atoms with van der Waals surface area (Å²) in [5.74, 6) is 0. The number of hydrogen-bond acceptors (Lipinski definition) is 1. The number of halogens is 2. The van der Waals surface area contributed by atoms with Crippen molar-refractivity contribution < 1.29 is 0 Å². The van der Waals surface area contributed by atoms with E-state index in [2.05, 4.69) is 32.2 Å². The van der Waals surface area contributed by atoms with Crippen LogP contribution in [0.4, 0.5) is 0 Å². The summed E-state index contributed by atoms with van der Waals surface area (Å²) >= 11 is 12.5. The Hall–Kier alpha value is -0.240. The predicted octanol–water partition coefficient (Wildman–Crippen LogP) is 5.48. The summed E-state index contributed by atoms with van der Waals surface area (Å²) in [5.41, 5.74) is 1.69. The van der Waals surface area contributed by atoms with Crippen LogP contribution in [0.1, 0.15) is 52.0 Å². The quantitative estimate of drug-likeness (QED) is 0.775. The van der Waals surface area contributed by atoms with E-state index < -0.39 is 0 Å². The molecule has 1 aliphatic carbocycles. The van der Waals surface area contributed by atoms with E-state index in [0.717, 1.165) is 18.0 Å². The van der Waals surface area contributed by atoms with E-state index in [0.29, 0.717) is 10.4 Å². The van der Waals surface area contributed by atoms with Gasteiger partial charge in [0.25, 0.3) is 0 Å². The molecule has 0 aromatic heterocycles. The first-order valence-corrected chi connectivity index (χ1v) is 8.25. The van der Waals surface area contributed by atoms with Crippen molar-refractivity contribution in [2.75, 3.05) is 6.54 Å². The second kappa shape index (κ2) is 6.25. The molecule has 0 bridgehead atoms. The predicted molar refractivity (Wildman–Crippen MR) is 88.8 cm³/mol. The molecule has 1 aliphatic rings. The van der Waals surface area contributed by atoms with Crippen LogP contribution >= 0.6 is 23.2 Å². The Labute approximate surface area is 133 Å². The second-order valence-electron chi connectivity index (χ2n) is 7.20. The van der Waals surface area contributed by atoms with Gasteiger partial charge in [-0.2, -0.15) is 0 Å². The molecule has 112 valence electrons. The first-order valence-electron chi connectivity index (χ1n) is 7.49. The van der Waals surface area contributed by atoms with Crippen LogP contribution in [0.5, 0.6) is 0 Å². The van der Waals surface area contributed by atoms with Crippen molar-refractivity contribution in [3.8, 4) is 0 Å². The molecule has 2 rings (SSSR count). The lowest BCUT2D eigenvalue weighted by Crippen LogP contribution is -2.44. The molecule has 20 heavy (non-hydrogen) atoms. The summed E-state index contributed by atoms with van der Waals surface area (Å²) < 4.78 is 0. The normalized spacial score (nSPS) is 18.4. The summed E-state index contributed by atoms with van der Waals surface area (Å²) in [6, 6.07) is 5.98. The minimum absolute atomic E-state index is 0.160. The first-order chi connectivity index (χ1) is 9.31.